The van der Waals surface area contributed by atoms with Crippen molar-refractivity contribution >= 4 is 17.7 Å². The molecule has 80 valence electrons. The van der Waals surface area contributed by atoms with Gasteiger partial charge in [0.15, 0.2) is 0 Å². The Morgan fingerprint density at radius 2 is 1.69 bits per heavy atom. The predicted octanol–water partition coefficient (Wildman–Crippen LogP) is 2.04. The van der Waals surface area contributed by atoms with E-state index >= 15 is 0 Å². The van der Waals surface area contributed by atoms with Gasteiger partial charge < -0.3 is 12.6 Å². The Hall–Kier alpha value is -1.74. The summed E-state index contributed by atoms with van der Waals surface area (Å²) < 4.78 is 1.72. The third kappa shape index (κ3) is 2.64. The van der Waals surface area contributed by atoms with E-state index < -0.39 is 0 Å². The van der Waals surface area contributed by atoms with E-state index in [1.54, 1.807) is 4.68 Å². The second-order valence-corrected chi connectivity index (χ2v) is 3.91. The van der Waals surface area contributed by atoms with Gasteiger partial charge in [0, 0.05) is 12.1 Å². The maximum atomic E-state index is 5.25. The largest absolute Gasteiger partial charge is 0.754 e. The maximum Gasteiger partial charge on any atom is 0.202 e. The number of hydrogen-bond acceptors (Lipinski definition) is 2. The quantitative estimate of drug-likeness (QED) is 0.332. The van der Waals surface area contributed by atoms with Gasteiger partial charge in [-0.15, -0.1) is 0 Å². The van der Waals surface area contributed by atoms with Crippen molar-refractivity contribution in [3.05, 3.63) is 66.0 Å². The summed E-state index contributed by atoms with van der Waals surface area (Å²) in [6.07, 6.45) is 3.79. The van der Waals surface area contributed by atoms with Crippen LogP contribution in [0, 0.1) is 6.92 Å². The molecule has 16 heavy (non-hydrogen) atoms. The van der Waals surface area contributed by atoms with Crippen LogP contribution in [0.4, 0.5) is 0 Å². The molecule has 1 heterocycles. The lowest BCUT2D eigenvalue weighted by molar-refractivity contribution is -0.678. The van der Waals surface area contributed by atoms with Crippen LogP contribution in [0.15, 0.2) is 60.0 Å². The van der Waals surface area contributed by atoms with Gasteiger partial charge in [-0.05, 0) is 28.2 Å². The molecule has 0 unspecified atom stereocenters. The Morgan fingerprint density at radius 1 is 1.06 bits per heavy atom. The molecular formula is C13H12N2S. The Morgan fingerprint density at radius 3 is 2.31 bits per heavy atom. The highest BCUT2D eigenvalue weighted by Crippen LogP contribution is 1.99. The second kappa shape index (κ2) is 4.86. The minimum atomic E-state index is 0.592. The summed E-state index contributed by atoms with van der Waals surface area (Å²) in [7, 11) is 0. The fraction of sp³-hybridized carbons (Fsp3) is 0.0769. The Labute approximate surface area is 101 Å². The zero-order chi connectivity index (χ0) is 11.4. The van der Waals surface area contributed by atoms with Crippen LogP contribution in [0.25, 0.3) is 0 Å². The van der Waals surface area contributed by atoms with Crippen molar-refractivity contribution in [3.63, 3.8) is 0 Å². The molecule has 3 heteroatoms. The van der Waals surface area contributed by atoms with Crippen molar-refractivity contribution in [1.82, 2.24) is 0 Å². The van der Waals surface area contributed by atoms with Crippen LogP contribution in [0.5, 0.6) is 0 Å². The van der Waals surface area contributed by atoms with E-state index in [2.05, 4.69) is 5.10 Å². The minimum absolute atomic E-state index is 0.592. The van der Waals surface area contributed by atoms with E-state index in [0.29, 0.717) is 5.04 Å². The average Bonchev–Trinajstić information content (AvgIpc) is 2.33. The average molecular weight is 228 g/mol. The molecule has 0 N–H and O–H groups in total. The molecule has 0 aliphatic carbocycles. The van der Waals surface area contributed by atoms with Crippen LogP contribution >= 0.6 is 0 Å². The van der Waals surface area contributed by atoms with Gasteiger partial charge in [-0.2, -0.15) is 0 Å². The van der Waals surface area contributed by atoms with Gasteiger partial charge in [-0.25, -0.2) is 0 Å². The molecule has 0 saturated heterocycles. The highest BCUT2D eigenvalue weighted by atomic mass is 32.1. The first kappa shape index (κ1) is 10.8. The Bertz CT molecular complexity index is 489. The van der Waals surface area contributed by atoms with E-state index in [9.17, 15) is 0 Å². The van der Waals surface area contributed by atoms with Gasteiger partial charge in [0.05, 0.1) is 0 Å². The van der Waals surface area contributed by atoms with Crippen LogP contribution in [-0.2, 0) is 12.6 Å². The molecule has 2 aromatic rings. The lowest BCUT2D eigenvalue weighted by atomic mass is 10.2. The number of aryl methyl sites for hydroxylation is 1. The molecular weight excluding hydrogens is 216 g/mol. The fourth-order valence-corrected chi connectivity index (χ4v) is 1.53. The molecule has 2 nitrogen and oxygen atoms in total. The molecule has 1 aromatic carbocycles. The van der Waals surface area contributed by atoms with Gasteiger partial charge in [-0.1, -0.05) is 35.0 Å². The molecule has 0 atom stereocenters. The standard InChI is InChI=1S/C13H12N2S/c1-11-7-9-15(10-8-11)14-13(16)12-5-3-2-4-6-12/h2-10H,1H3. The zero-order valence-electron chi connectivity index (χ0n) is 9.00. The summed E-state index contributed by atoms with van der Waals surface area (Å²) in [5, 5.41) is 4.91. The van der Waals surface area contributed by atoms with Gasteiger partial charge >= 0.3 is 0 Å². The summed E-state index contributed by atoms with van der Waals surface area (Å²) in [6, 6.07) is 13.8. The molecule has 0 amide bonds. The summed E-state index contributed by atoms with van der Waals surface area (Å²) in [5.41, 5.74) is 2.17. The number of aromatic nitrogens is 1. The van der Waals surface area contributed by atoms with Crippen LogP contribution in [-0.4, -0.2) is 5.04 Å². The van der Waals surface area contributed by atoms with Crippen LogP contribution in [0.2, 0.25) is 0 Å². The molecule has 0 fully saturated rings. The molecule has 0 spiro atoms. The van der Waals surface area contributed by atoms with Gasteiger partial charge in [0.1, 0.15) is 0 Å². The van der Waals surface area contributed by atoms with Crippen LogP contribution < -0.4 is 4.68 Å². The van der Waals surface area contributed by atoms with Crippen molar-refractivity contribution in [1.29, 1.82) is 0 Å². The van der Waals surface area contributed by atoms with Crippen molar-refractivity contribution in [2.45, 2.75) is 6.92 Å². The fourth-order valence-electron chi connectivity index (χ4n) is 1.30. The highest BCUT2D eigenvalue weighted by molar-refractivity contribution is 7.78. The third-order valence-corrected chi connectivity index (χ3v) is 2.52. The van der Waals surface area contributed by atoms with Crippen LogP contribution in [0.3, 0.4) is 0 Å². The minimum Gasteiger partial charge on any atom is -0.754 e. The zero-order valence-corrected chi connectivity index (χ0v) is 9.82. The van der Waals surface area contributed by atoms with E-state index in [0.717, 1.165) is 5.56 Å². The Kier molecular flexibility index (Phi) is 3.27. The van der Waals surface area contributed by atoms with Crippen molar-refractivity contribution in [2.24, 2.45) is 5.10 Å². The van der Waals surface area contributed by atoms with E-state index in [-0.39, 0.29) is 0 Å². The molecule has 0 radical (unpaired) electrons. The second-order valence-electron chi connectivity index (χ2n) is 3.53. The lowest BCUT2D eigenvalue weighted by Gasteiger charge is -2.06. The number of rotatable bonds is 2. The smallest absolute Gasteiger partial charge is 0.202 e. The SMILES string of the molecule is Cc1cc[n+](/N=C(\[S-])c2ccccc2)cc1. The topological polar surface area (TPSA) is 16.2 Å². The van der Waals surface area contributed by atoms with E-state index in [4.69, 9.17) is 12.6 Å². The van der Waals surface area contributed by atoms with Gasteiger partial charge in [0.2, 0.25) is 12.4 Å². The summed E-state index contributed by atoms with van der Waals surface area (Å²) in [4.78, 5) is 0. The molecule has 1 aromatic heterocycles. The molecule has 0 aliphatic heterocycles. The summed E-state index contributed by atoms with van der Waals surface area (Å²) in [6.45, 7) is 2.04. The Balaban J connectivity index is 2.28. The predicted molar refractivity (Wildman–Crippen MR) is 67.1 cm³/mol. The van der Waals surface area contributed by atoms with Gasteiger partial charge in [-0.3, -0.25) is 0 Å². The first-order valence-electron chi connectivity index (χ1n) is 5.05. The molecule has 0 aliphatic rings. The van der Waals surface area contributed by atoms with Crippen molar-refractivity contribution in [2.75, 3.05) is 0 Å². The molecule has 0 bridgehead atoms. The number of hydrogen-bond donors (Lipinski definition) is 0. The van der Waals surface area contributed by atoms with Gasteiger partial charge in [0.25, 0.3) is 0 Å². The number of nitrogens with zero attached hydrogens (tertiary/aromatic N) is 2. The number of pyridine rings is 1. The first-order chi connectivity index (χ1) is 7.75. The summed E-state index contributed by atoms with van der Waals surface area (Å²) >= 11 is 5.25. The van der Waals surface area contributed by atoms with Crippen molar-refractivity contribution < 1.29 is 4.68 Å². The van der Waals surface area contributed by atoms with E-state index in [1.807, 2.05) is 61.8 Å². The highest BCUT2D eigenvalue weighted by Gasteiger charge is 1.96. The maximum absolute atomic E-state index is 5.25. The monoisotopic (exact) mass is 228 g/mol. The normalized spacial score (nSPS) is 11.4. The number of benzene rings is 1. The molecule has 0 saturated carbocycles. The lowest BCUT2D eigenvalue weighted by Crippen LogP contribution is -2.28. The van der Waals surface area contributed by atoms with Crippen LogP contribution in [0.1, 0.15) is 11.1 Å². The first-order valence-corrected chi connectivity index (χ1v) is 5.46. The van der Waals surface area contributed by atoms with E-state index in [1.165, 1.54) is 5.56 Å². The summed E-state index contributed by atoms with van der Waals surface area (Å²) in [5.74, 6) is 0. The van der Waals surface area contributed by atoms with Crippen molar-refractivity contribution in [3.8, 4) is 0 Å². The third-order valence-electron chi connectivity index (χ3n) is 2.21. The molecule has 2 rings (SSSR count).